The number of amides is 2. The Labute approximate surface area is 174 Å². The zero-order chi connectivity index (χ0) is 21.0. The number of nitrogens with one attached hydrogen (secondary N) is 1. The molecular weight excluding hydrogens is 383 g/mol. The van der Waals surface area contributed by atoms with Gasteiger partial charge in [-0.2, -0.15) is 0 Å². The fourth-order valence-corrected chi connectivity index (χ4v) is 5.50. The Hall–Kier alpha value is -3.06. The smallest absolute Gasteiger partial charge is 0.235 e. The summed E-state index contributed by atoms with van der Waals surface area (Å²) in [4.78, 5) is 30.3. The molecule has 3 unspecified atom stereocenters. The molecule has 0 spiro atoms. The number of halogens is 1. The predicted molar refractivity (Wildman–Crippen MR) is 109 cm³/mol. The van der Waals surface area contributed by atoms with Gasteiger partial charge in [-0.05, 0) is 42.6 Å². The number of imide groups is 1. The molecule has 6 nitrogen and oxygen atoms in total. The van der Waals surface area contributed by atoms with Gasteiger partial charge in [-0.15, -0.1) is 0 Å². The molecule has 2 aromatic carbocycles. The normalized spacial score (nSPS) is 28.1. The molecule has 3 aliphatic heterocycles. The molecule has 3 N–H and O–H groups in total. The van der Waals surface area contributed by atoms with Gasteiger partial charge in [0, 0.05) is 17.6 Å². The lowest BCUT2D eigenvalue weighted by Crippen LogP contribution is -2.38. The summed E-state index contributed by atoms with van der Waals surface area (Å²) >= 11 is 0. The Bertz CT molecular complexity index is 1040. The molecule has 30 heavy (non-hydrogen) atoms. The molecule has 2 amide bonds. The SMILES string of the molecule is N=C(N)c1ccc([C@H]2C3C(=O)N(Cc4cccc(F)c4)C(=O)C3C3CCCN32)cc1. The van der Waals surface area contributed by atoms with E-state index in [1.807, 2.05) is 12.1 Å². The van der Waals surface area contributed by atoms with E-state index >= 15 is 0 Å². The van der Waals surface area contributed by atoms with Crippen molar-refractivity contribution in [3.05, 3.63) is 71.0 Å². The third kappa shape index (κ3) is 2.84. The van der Waals surface area contributed by atoms with Crippen molar-refractivity contribution in [2.75, 3.05) is 6.54 Å². The largest absolute Gasteiger partial charge is 0.384 e. The highest BCUT2D eigenvalue weighted by Gasteiger charge is 2.62. The second kappa shape index (κ2) is 7.02. The average Bonchev–Trinajstić information content (AvgIpc) is 3.37. The van der Waals surface area contributed by atoms with E-state index in [1.165, 1.54) is 17.0 Å². The lowest BCUT2D eigenvalue weighted by molar-refractivity contribution is -0.142. The summed E-state index contributed by atoms with van der Waals surface area (Å²) in [6, 6.07) is 13.3. The number of nitrogens with zero attached hydrogens (tertiary/aromatic N) is 2. The quantitative estimate of drug-likeness (QED) is 0.464. The minimum Gasteiger partial charge on any atom is -0.384 e. The van der Waals surface area contributed by atoms with E-state index in [0.29, 0.717) is 11.1 Å². The summed E-state index contributed by atoms with van der Waals surface area (Å²) in [5.74, 6) is -1.49. The van der Waals surface area contributed by atoms with Crippen molar-refractivity contribution in [2.45, 2.75) is 31.5 Å². The molecule has 4 atom stereocenters. The highest BCUT2D eigenvalue weighted by atomic mass is 19.1. The summed E-state index contributed by atoms with van der Waals surface area (Å²) in [5, 5.41) is 7.59. The predicted octanol–water partition coefficient (Wildman–Crippen LogP) is 2.43. The number of hydrogen-bond acceptors (Lipinski definition) is 4. The van der Waals surface area contributed by atoms with Crippen LogP contribution in [0.2, 0.25) is 0 Å². The van der Waals surface area contributed by atoms with Crippen LogP contribution in [0, 0.1) is 23.1 Å². The highest BCUT2D eigenvalue weighted by Crippen LogP contribution is 2.53. The molecule has 3 fully saturated rings. The molecule has 3 saturated heterocycles. The van der Waals surface area contributed by atoms with Crippen LogP contribution in [-0.2, 0) is 16.1 Å². The summed E-state index contributed by atoms with van der Waals surface area (Å²) in [6.45, 7) is 0.965. The number of hydrogen-bond donors (Lipinski definition) is 2. The monoisotopic (exact) mass is 406 g/mol. The maximum atomic E-state index is 13.6. The molecule has 154 valence electrons. The fraction of sp³-hybridized carbons (Fsp3) is 0.348. The van der Waals surface area contributed by atoms with Gasteiger partial charge < -0.3 is 5.73 Å². The van der Waals surface area contributed by atoms with Crippen molar-refractivity contribution in [3.8, 4) is 0 Å². The molecule has 0 aromatic heterocycles. The second-order valence-electron chi connectivity index (χ2n) is 8.37. The first-order chi connectivity index (χ1) is 14.5. The minimum atomic E-state index is -0.431. The number of nitrogen functional groups attached to an aromatic ring is 1. The van der Waals surface area contributed by atoms with Crippen LogP contribution in [0.1, 0.15) is 35.6 Å². The number of carbonyl (C=O) groups is 2. The molecule has 0 aliphatic carbocycles. The number of amidine groups is 1. The van der Waals surface area contributed by atoms with Gasteiger partial charge in [-0.25, -0.2) is 4.39 Å². The summed E-state index contributed by atoms with van der Waals surface area (Å²) in [7, 11) is 0. The molecule has 3 heterocycles. The van der Waals surface area contributed by atoms with Gasteiger partial charge in [0.25, 0.3) is 0 Å². The van der Waals surface area contributed by atoms with Crippen LogP contribution in [0.5, 0.6) is 0 Å². The Balaban J connectivity index is 1.49. The summed E-state index contributed by atoms with van der Waals surface area (Å²) < 4.78 is 13.6. The Morgan fingerprint density at radius 1 is 1.10 bits per heavy atom. The van der Waals surface area contributed by atoms with Crippen molar-refractivity contribution < 1.29 is 14.0 Å². The number of benzene rings is 2. The van der Waals surface area contributed by atoms with Crippen LogP contribution in [-0.4, -0.2) is 40.0 Å². The van der Waals surface area contributed by atoms with Crippen LogP contribution in [0.15, 0.2) is 48.5 Å². The molecule has 0 saturated carbocycles. The lowest BCUT2D eigenvalue weighted by atomic mass is 9.85. The van der Waals surface area contributed by atoms with Crippen molar-refractivity contribution in [1.82, 2.24) is 9.80 Å². The molecule has 3 aliphatic rings. The zero-order valence-electron chi connectivity index (χ0n) is 16.4. The van der Waals surface area contributed by atoms with E-state index in [2.05, 4.69) is 4.90 Å². The number of fused-ring (bicyclic) bond motifs is 3. The van der Waals surface area contributed by atoms with Crippen LogP contribution < -0.4 is 5.73 Å². The molecule has 5 rings (SSSR count). The maximum absolute atomic E-state index is 13.6. The van der Waals surface area contributed by atoms with Gasteiger partial charge >= 0.3 is 0 Å². The lowest BCUT2D eigenvalue weighted by Gasteiger charge is -2.29. The van der Waals surface area contributed by atoms with Crippen molar-refractivity contribution in [2.24, 2.45) is 17.6 Å². The number of likely N-dealkylation sites (tertiary alicyclic amines) is 1. The third-order valence-electron chi connectivity index (χ3n) is 6.74. The van der Waals surface area contributed by atoms with Gasteiger partial charge in [-0.1, -0.05) is 36.4 Å². The van der Waals surface area contributed by atoms with Crippen molar-refractivity contribution in [1.29, 1.82) is 5.41 Å². The second-order valence-corrected chi connectivity index (χ2v) is 8.37. The standard InChI is InChI=1S/C23H23FN4O2/c24-16-4-1-3-13(11-16)12-28-22(29)18-17-5-2-10-27(17)20(19(18)23(28)30)14-6-8-15(9-7-14)21(25)26/h1,3-4,6-9,11,17-20H,2,5,10,12H2,(H3,25,26)/t17?,18?,19?,20-/m0/s1. The van der Waals surface area contributed by atoms with Crippen molar-refractivity contribution in [3.63, 3.8) is 0 Å². The van der Waals surface area contributed by atoms with Crippen LogP contribution >= 0.6 is 0 Å². The molecule has 2 aromatic rings. The van der Waals surface area contributed by atoms with Gasteiger partial charge in [-0.3, -0.25) is 24.8 Å². The average molecular weight is 406 g/mol. The van der Waals surface area contributed by atoms with Crippen LogP contribution in [0.4, 0.5) is 4.39 Å². The van der Waals surface area contributed by atoms with Crippen molar-refractivity contribution >= 4 is 17.6 Å². The topological polar surface area (TPSA) is 90.5 Å². The Morgan fingerprint density at radius 3 is 2.53 bits per heavy atom. The minimum absolute atomic E-state index is 0.00159. The number of rotatable bonds is 4. The first-order valence-corrected chi connectivity index (χ1v) is 10.3. The van der Waals surface area contributed by atoms with E-state index in [-0.39, 0.29) is 48.0 Å². The van der Waals surface area contributed by atoms with E-state index < -0.39 is 5.92 Å². The van der Waals surface area contributed by atoms with E-state index in [4.69, 9.17) is 11.1 Å². The number of carbonyl (C=O) groups excluding carboxylic acids is 2. The number of nitrogens with two attached hydrogens (primary N) is 1. The molecule has 7 heteroatoms. The van der Waals surface area contributed by atoms with Crippen LogP contribution in [0.3, 0.4) is 0 Å². The highest BCUT2D eigenvalue weighted by molar-refractivity contribution is 6.06. The fourth-order valence-electron chi connectivity index (χ4n) is 5.50. The third-order valence-corrected chi connectivity index (χ3v) is 6.74. The van der Waals surface area contributed by atoms with Gasteiger partial charge in [0.05, 0.1) is 18.4 Å². The Kier molecular flexibility index (Phi) is 4.43. The van der Waals surface area contributed by atoms with Gasteiger partial charge in [0.2, 0.25) is 11.8 Å². The molecule has 0 bridgehead atoms. The Morgan fingerprint density at radius 2 is 1.83 bits per heavy atom. The van der Waals surface area contributed by atoms with Gasteiger partial charge in [0.1, 0.15) is 11.7 Å². The molecule has 0 radical (unpaired) electrons. The first-order valence-electron chi connectivity index (χ1n) is 10.3. The molecular formula is C23H23FN4O2. The zero-order valence-corrected chi connectivity index (χ0v) is 16.4. The summed E-state index contributed by atoms with van der Waals surface area (Å²) in [6.07, 6.45) is 1.90. The van der Waals surface area contributed by atoms with E-state index in [0.717, 1.165) is 24.9 Å². The van der Waals surface area contributed by atoms with Gasteiger partial charge in [0.15, 0.2) is 0 Å². The van der Waals surface area contributed by atoms with E-state index in [1.54, 1.807) is 24.3 Å². The summed E-state index contributed by atoms with van der Waals surface area (Å²) in [5.41, 5.74) is 7.78. The maximum Gasteiger partial charge on any atom is 0.235 e. The van der Waals surface area contributed by atoms with E-state index in [9.17, 15) is 14.0 Å². The first kappa shape index (κ1) is 18.9. The van der Waals surface area contributed by atoms with Crippen LogP contribution in [0.25, 0.3) is 0 Å².